The number of phenolic OH excluding ortho intramolecular Hbond substituents is 2. The highest BCUT2D eigenvalue weighted by molar-refractivity contribution is 14.1. The van der Waals surface area contributed by atoms with E-state index in [9.17, 15) is 15.0 Å². The van der Waals surface area contributed by atoms with Crippen molar-refractivity contribution in [2.45, 2.75) is 46.7 Å². The summed E-state index contributed by atoms with van der Waals surface area (Å²) in [5.41, 5.74) is 13.5. The van der Waals surface area contributed by atoms with Gasteiger partial charge in [0.15, 0.2) is 11.5 Å². The maximum atomic E-state index is 10.9. The molecule has 0 aliphatic heterocycles. The van der Waals surface area contributed by atoms with Crippen LogP contribution in [-0.2, 0) is 17.6 Å². The van der Waals surface area contributed by atoms with E-state index in [4.69, 9.17) is 26.0 Å². The first-order valence-electron chi connectivity index (χ1n) is 12.8. The third-order valence-electron chi connectivity index (χ3n) is 5.80. The van der Waals surface area contributed by atoms with E-state index in [1.54, 1.807) is 24.3 Å². The van der Waals surface area contributed by atoms with Crippen molar-refractivity contribution in [2.75, 3.05) is 0 Å². The minimum Gasteiger partial charge on any atom is -0.507 e. The molecule has 0 spiro atoms. The Kier molecular flexibility index (Phi) is 20.6. The first-order chi connectivity index (χ1) is 21.0. The van der Waals surface area contributed by atoms with Gasteiger partial charge in [-0.3, -0.25) is 4.79 Å². The van der Waals surface area contributed by atoms with E-state index in [0.29, 0.717) is 24.4 Å². The van der Waals surface area contributed by atoms with Gasteiger partial charge in [0.2, 0.25) is 0 Å². The fraction of sp³-hybridized carbons (Fsp3) is 0.219. The van der Waals surface area contributed by atoms with Crippen LogP contribution in [-0.4, -0.2) is 33.4 Å². The summed E-state index contributed by atoms with van der Waals surface area (Å²) < 4.78 is 18.0. The van der Waals surface area contributed by atoms with Crippen LogP contribution in [0.5, 0.6) is 34.5 Å². The summed E-state index contributed by atoms with van der Waals surface area (Å²) in [5, 5.41) is 28.3. The highest BCUT2D eigenvalue weighted by Gasteiger charge is 2.17. The minimum atomic E-state index is -1.02. The highest BCUT2D eigenvalue weighted by Crippen LogP contribution is 2.37. The number of hydrogen-bond acceptors (Lipinski definition) is 7. The van der Waals surface area contributed by atoms with Crippen LogP contribution in [0.3, 0.4) is 0 Å². The topological polar surface area (TPSA) is 148 Å². The fourth-order valence-corrected chi connectivity index (χ4v) is 10.2. The van der Waals surface area contributed by atoms with Crippen LogP contribution in [0.1, 0.15) is 32.9 Å². The summed E-state index contributed by atoms with van der Waals surface area (Å²) in [6, 6.07) is 15.9. The van der Waals surface area contributed by atoms with Gasteiger partial charge in [-0.1, -0.05) is 14.9 Å². The number of carbonyl (C=O) groups is 1. The molecular weight excluding hydrogens is 1400 g/mol. The number of rotatable bonds is 9. The quantitative estimate of drug-likeness (QED) is 0.104. The molecule has 4 aromatic rings. The Bertz CT molecular complexity index is 1640. The van der Waals surface area contributed by atoms with Crippen LogP contribution in [0.4, 0.5) is 0 Å². The largest absolute Gasteiger partial charge is 0.507 e. The standard InChI is InChI=1S/C15H11I4NO4.C15H14I3NO2.2CH4/c16-8-4-7(5-9(17)13(8)21)24-14-10(18)1-6(2-11(14)19)3-12(20)15(22)23;1-8(19)4-9-5-12(17)15(13(18)6-9)21-10-2-3-14(20)11(16)7-10;;/h1-2,4-5,12,21H,3,20H2,(H,22,23);2-3,5-8,20H,4,19H2,1H3;2*1H4. The van der Waals surface area contributed by atoms with Crippen molar-refractivity contribution in [1.29, 1.82) is 0 Å². The van der Waals surface area contributed by atoms with Gasteiger partial charge in [0, 0.05) is 6.04 Å². The normalized spacial score (nSPS) is 11.6. The summed E-state index contributed by atoms with van der Waals surface area (Å²) in [7, 11) is 0. The van der Waals surface area contributed by atoms with E-state index >= 15 is 0 Å². The lowest BCUT2D eigenvalue weighted by Crippen LogP contribution is -2.32. The van der Waals surface area contributed by atoms with Crippen molar-refractivity contribution in [3.63, 3.8) is 0 Å². The summed E-state index contributed by atoms with van der Waals surface area (Å²) in [6.07, 6.45) is 1.11. The minimum absolute atomic E-state index is 0. The molecule has 0 saturated heterocycles. The number of benzene rings is 4. The summed E-state index contributed by atoms with van der Waals surface area (Å²) in [6.45, 7) is 2.00. The fourth-order valence-electron chi connectivity index (χ4n) is 3.76. The molecule has 15 heteroatoms. The zero-order valence-corrected chi connectivity index (χ0v) is 38.2. The molecule has 8 nitrogen and oxygen atoms in total. The van der Waals surface area contributed by atoms with Crippen molar-refractivity contribution >= 4 is 164 Å². The van der Waals surface area contributed by atoms with E-state index in [2.05, 4.69) is 170 Å². The van der Waals surface area contributed by atoms with Crippen molar-refractivity contribution in [2.24, 2.45) is 11.5 Å². The van der Waals surface area contributed by atoms with Crippen molar-refractivity contribution in [3.05, 3.63) is 90.7 Å². The van der Waals surface area contributed by atoms with Gasteiger partial charge in [-0.2, -0.15) is 0 Å². The molecule has 256 valence electrons. The molecule has 2 unspecified atom stereocenters. The second-order valence-corrected chi connectivity index (χ2v) is 17.8. The van der Waals surface area contributed by atoms with E-state index in [-0.39, 0.29) is 38.8 Å². The van der Waals surface area contributed by atoms with E-state index in [0.717, 1.165) is 35.6 Å². The summed E-state index contributed by atoms with van der Waals surface area (Å²) in [5.74, 6) is 2.37. The first-order valence-corrected chi connectivity index (χ1v) is 20.3. The number of phenols is 2. The van der Waals surface area contributed by atoms with Crippen LogP contribution in [0, 0.1) is 25.0 Å². The third-order valence-corrected chi connectivity index (χ3v) is 11.5. The lowest BCUT2D eigenvalue weighted by molar-refractivity contribution is -0.138. The molecule has 0 fully saturated rings. The Hall–Kier alpha value is 0.580. The van der Waals surface area contributed by atoms with Gasteiger partial charge < -0.3 is 36.3 Å². The molecule has 0 aromatic heterocycles. The average molecular weight is 1430 g/mol. The number of hydrogen-bond donors (Lipinski definition) is 5. The summed E-state index contributed by atoms with van der Waals surface area (Å²) >= 11 is 15.1. The van der Waals surface area contributed by atoms with Crippen molar-refractivity contribution in [1.82, 2.24) is 0 Å². The van der Waals surface area contributed by atoms with E-state index < -0.39 is 12.0 Å². The predicted molar refractivity (Wildman–Crippen MR) is 248 cm³/mol. The van der Waals surface area contributed by atoms with Crippen LogP contribution >= 0.6 is 158 Å². The van der Waals surface area contributed by atoms with E-state index in [1.165, 1.54) is 5.56 Å². The number of carboxylic acid groups (broad SMARTS) is 1. The Morgan fingerprint density at radius 1 is 0.660 bits per heavy atom. The Labute approximate surface area is 371 Å². The molecule has 4 rings (SSSR count). The number of carboxylic acids is 1. The van der Waals surface area contributed by atoms with Crippen LogP contribution < -0.4 is 20.9 Å². The second kappa shape index (κ2) is 21.2. The van der Waals surface area contributed by atoms with Crippen LogP contribution in [0.15, 0.2) is 54.6 Å². The molecule has 0 heterocycles. The number of halogens is 7. The number of ether oxygens (including phenoxy) is 2. The maximum Gasteiger partial charge on any atom is 0.320 e. The molecule has 0 bridgehead atoms. The summed E-state index contributed by atoms with van der Waals surface area (Å²) in [4.78, 5) is 10.9. The maximum absolute atomic E-state index is 10.9. The van der Waals surface area contributed by atoms with E-state index in [1.807, 2.05) is 25.1 Å². The van der Waals surface area contributed by atoms with Crippen molar-refractivity contribution < 1.29 is 29.6 Å². The van der Waals surface area contributed by atoms with Crippen LogP contribution in [0.25, 0.3) is 0 Å². The molecule has 47 heavy (non-hydrogen) atoms. The van der Waals surface area contributed by atoms with Gasteiger partial charge >= 0.3 is 5.97 Å². The van der Waals surface area contributed by atoms with Gasteiger partial charge in [-0.15, -0.1) is 0 Å². The second-order valence-electron chi connectivity index (χ2n) is 9.66. The van der Waals surface area contributed by atoms with Gasteiger partial charge in [0.25, 0.3) is 0 Å². The number of aliphatic carboxylic acids is 1. The predicted octanol–water partition coefficient (Wildman–Crippen LogP) is 10.7. The third kappa shape index (κ3) is 13.9. The molecule has 4 aromatic carbocycles. The zero-order chi connectivity index (χ0) is 33.6. The zero-order valence-electron chi connectivity index (χ0n) is 23.1. The smallest absolute Gasteiger partial charge is 0.320 e. The molecule has 0 radical (unpaired) electrons. The number of aromatic hydroxyl groups is 2. The van der Waals surface area contributed by atoms with Gasteiger partial charge in [0.05, 0.1) is 25.0 Å². The van der Waals surface area contributed by atoms with Gasteiger partial charge in [-0.05, 0) is 244 Å². The highest BCUT2D eigenvalue weighted by atomic mass is 127. The molecular formula is C32H33I7N2O6. The lowest BCUT2D eigenvalue weighted by Gasteiger charge is -2.14. The average Bonchev–Trinajstić information content (AvgIpc) is 2.93. The Balaban J connectivity index is 0.000000454. The van der Waals surface area contributed by atoms with Crippen molar-refractivity contribution in [3.8, 4) is 34.5 Å². The molecule has 0 saturated carbocycles. The lowest BCUT2D eigenvalue weighted by atomic mass is 10.1. The molecule has 0 aliphatic rings. The molecule has 2 atom stereocenters. The molecule has 0 aliphatic carbocycles. The molecule has 0 amide bonds. The van der Waals surface area contributed by atoms with Gasteiger partial charge in [-0.25, -0.2) is 0 Å². The van der Waals surface area contributed by atoms with Crippen LogP contribution in [0.2, 0.25) is 0 Å². The molecule has 7 N–H and O–H groups in total. The SMILES string of the molecule is C.C.CC(N)Cc1cc(I)c(Oc2ccc(O)c(I)c2)c(I)c1.NC(Cc1cc(I)c(Oc2cc(I)c(O)c(I)c2)c(I)c1)C(=O)O. The van der Waals surface area contributed by atoms with Gasteiger partial charge in [0.1, 0.15) is 29.0 Å². The first kappa shape index (κ1) is 45.6. The Morgan fingerprint density at radius 2 is 1.06 bits per heavy atom. The number of nitrogens with two attached hydrogens (primary N) is 2. The monoisotopic (exact) mass is 1430 g/mol. The Morgan fingerprint density at radius 3 is 1.47 bits per heavy atom.